The van der Waals surface area contributed by atoms with Crippen LogP contribution in [0.3, 0.4) is 0 Å². The summed E-state index contributed by atoms with van der Waals surface area (Å²) in [5, 5.41) is 4.03. The minimum Gasteiger partial charge on any atom is -0.316 e. The molecule has 1 heterocycles. The van der Waals surface area contributed by atoms with Gasteiger partial charge in [0.15, 0.2) is 0 Å². The molecular formula is C15H21ClN2O. The van der Waals surface area contributed by atoms with E-state index in [1.807, 2.05) is 32.2 Å². The van der Waals surface area contributed by atoms with E-state index >= 15 is 0 Å². The predicted octanol–water partition coefficient (Wildman–Crippen LogP) is 3.00. The molecule has 4 heteroatoms. The molecule has 0 bridgehead atoms. The van der Waals surface area contributed by atoms with Crippen LogP contribution in [0.15, 0.2) is 18.2 Å². The highest BCUT2D eigenvalue weighted by Gasteiger charge is 2.18. The lowest BCUT2D eigenvalue weighted by Gasteiger charge is -2.19. The second-order valence-corrected chi connectivity index (χ2v) is 5.69. The van der Waals surface area contributed by atoms with Gasteiger partial charge in [-0.2, -0.15) is 0 Å². The molecule has 1 N–H and O–H groups in total. The lowest BCUT2D eigenvalue weighted by molar-refractivity contribution is -0.118. The summed E-state index contributed by atoms with van der Waals surface area (Å²) in [5.41, 5.74) is 1.90. The number of carbonyl (C=O) groups is 1. The molecule has 1 saturated heterocycles. The topological polar surface area (TPSA) is 32.3 Å². The average molecular weight is 281 g/mol. The Hall–Kier alpha value is -1.06. The molecule has 2 rings (SSSR count). The molecule has 1 aliphatic heterocycles. The first-order valence-corrected chi connectivity index (χ1v) is 7.19. The number of nitrogens with one attached hydrogen (secondary N) is 1. The van der Waals surface area contributed by atoms with Crippen LogP contribution in [0.5, 0.6) is 0 Å². The number of hydrogen-bond acceptors (Lipinski definition) is 2. The van der Waals surface area contributed by atoms with E-state index in [1.54, 1.807) is 4.90 Å². The average Bonchev–Trinajstić information content (AvgIpc) is 2.91. The van der Waals surface area contributed by atoms with E-state index in [0.717, 1.165) is 30.8 Å². The molecule has 1 amide bonds. The van der Waals surface area contributed by atoms with Crippen LogP contribution >= 0.6 is 11.6 Å². The van der Waals surface area contributed by atoms with Crippen molar-refractivity contribution >= 4 is 23.2 Å². The lowest BCUT2D eigenvalue weighted by Crippen LogP contribution is -2.26. The van der Waals surface area contributed by atoms with Crippen molar-refractivity contribution in [1.82, 2.24) is 5.32 Å². The first-order valence-electron chi connectivity index (χ1n) is 6.81. The molecule has 1 unspecified atom stereocenters. The Balaban J connectivity index is 1.92. The fourth-order valence-electron chi connectivity index (χ4n) is 2.39. The summed E-state index contributed by atoms with van der Waals surface area (Å²) in [6, 6.07) is 5.74. The van der Waals surface area contributed by atoms with Crippen LogP contribution in [0.2, 0.25) is 5.02 Å². The molecule has 3 nitrogen and oxygen atoms in total. The van der Waals surface area contributed by atoms with Gasteiger partial charge in [0, 0.05) is 24.2 Å². The summed E-state index contributed by atoms with van der Waals surface area (Å²) >= 11 is 6.10. The van der Waals surface area contributed by atoms with Gasteiger partial charge in [-0.05, 0) is 56.5 Å². The molecule has 0 spiro atoms. The maximum atomic E-state index is 12.2. The first kappa shape index (κ1) is 14.4. The second kappa shape index (κ2) is 6.40. The molecular weight excluding hydrogens is 260 g/mol. The number of halogens is 1. The highest BCUT2D eigenvalue weighted by Crippen LogP contribution is 2.23. The molecule has 0 aromatic heterocycles. The van der Waals surface area contributed by atoms with Crippen LogP contribution in [0.25, 0.3) is 0 Å². The van der Waals surface area contributed by atoms with Crippen molar-refractivity contribution in [2.24, 2.45) is 5.92 Å². The van der Waals surface area contributed by atoms with E-state index in [-0.39, 0.29) is 5.91 Å². The van der Waals surface area contributed by atoms with Crippen LogP contribution in [0.1, 0.15) is 24.8 Å². The standard InChI is InChI=1S/C15H21ClN2O/c1-11-3-5-13(9-14(11)16)18(2)15(19)6-4-12-7-8-17-10-12/h3,5,9,12,17H,4,6-8,10H2,1-2H3. The van der Waals surface area contributed by atoms with Gasteiger partial charge in [0.2, 0.25) is 5.91 Å². The minimum atomic E-state index is 0.159. The fraction of sp³-hybridized carbons (Fsp3) is 0.533. The maximum absolute atomic E-state index is 12.2. The Morgan fingerprint density at radius 2 is 2.32 bits per heavy atom. The van der Waals surface area contributed by atoms with Crippen molar-refractivity contribution < 1.29 is 4.79 Å². The molecule has 104 valence electrons. The third-order valence-corrected chi connectivity index (χ3v) is 4.25. The Labute approximate surface area is 119 Å². The molecule has 0 aliphatic carbocycles. The van der Waals surface area contributed by atoms with Crippen LogP contribution in [-0.4, -0.2) is 26.0 Å². The van der Waals surface area contributed by atoms with E-state index in [2.05, 4.69) is 5.32 Å². The van der Waals surface area contributed by atoms with Gasteiger partial charge in [0.05, 0.1) is 0 Å². The number of carbonyl (C=O) groups excluding carboxylic acids is 1. The summed E-state index contributed by atoms with van der Waals surface area (Å²) in [4.78, 5) is 13.9. The molecule has 0 saturated carbocycles. The SMILES string of the molecule is Cc1ccc(N(C)C(=O)CCC2CCNC2)cc1Cl. The summed E-state index contributed by atoms with van der Waals surface area (Å²) < 4.78 is 0. The number of hydrogen-bond donors (Lipinski definition) is 1. The van der Waals surface area contributed by atoms with Crippen LogP contribution in [-0.2, 0) is 4.79 Å². The molecule has 0 radical (unpaired) electrons. The highest BCUT2D eigenvalue weighted by atomic mass is 35.5. The monoisotopic (exact) mass is 280 g/mol. The van der Waals surface area contributed by atoms with Gasteiger partial charge in [-0.3, -0.25) is 4.79 Å². The van der Waals surface area contributed by atoms with E-state index in [9.17, 15) is 4.79 Å². The molecule has 1 fully saturated rings. The van der Waals surface area contributed by atoms with Crippen molar-refractivity contribution in [2.75, 3.05) is 25.0 Å². The Morgan fingerprint density at radius 1 is 1.53 bits per heavy atom. The minimum absolute atomic E-state index is 0.159. The Kier molecular flexibility index (Phi) is 4.83. The lowest BCUT2D eigenvalue weighted by atomic mass is 10.0. The summed E-state index contributed by atoms with van der Waals surface area (Å²) in [6.45, 7) is 4.09. The smallest absolute Gasteiger partial charge is 0.226 e. The Morgan fingerprint density at radius 3 is 2.95 bits per heavy atom. The zero-order valence-electron chi connectivity index (χ0n) is 11.6. The third-order valence-electron chi connectivity index (χ3n) is 3.85. The molecule has 1 aromatic carbocycles. The fourth-order valence-corrected chi connectivity index (χ4v) is 2.57. The van der Waals surface area contributed by atoms with Crippen molar-refractivity contribution in [3.05, 3.63) is 28.8 Å². The van der Waals surface area contributed by atoms with Crippen molar-refractivity contribution in [2.45, 2.75) is 26.2 Å². The van der Waals surface area contributed by atoms with E-state index < -0.39 is 0 Å². The van der Waals surface area contributed by atoms with E-state index in [1.165, 1.54) is 6.42 Å². The number of rotatable bonds is 4. The predicted molar refractivity (Wildman–Crippen MR) is 79.8 cm³/mol. The summed E-state index contributed by atoms with van der Waals surface area (Å²) in [6.07, 6.45) is 2.76. The highest BCUT2D eigenvalue weighted by molar-refractivity contribution is 6.31. The van der Waals surface area contributed by atoms with E-state index in [4.69, 9.17) is 11.6 Å². The van der Waals surface area contributed by atoms with Gasteiger partial charge in [0.25, 0.3) is 0 Å². The zero-order chi connectivity index (χ0) is 13.8. The number of aryl methyl sites for hydroxylation is 1. The van der Waals surface area contributed by atoms with Crippen LogP contribution < -0.4 is 10.2 Å². The maximum Gasteiger partial charge on any atom is 0.226 e. The quantitative estimate of drug-likeness (QED) is 0.920. The molecule has 19 heavy (non-hydrogen) atoms. The number of benzene rings is 1. The van der Waals surface area contributed by atoms with Gasteiger partial charge < -0.3 is 10.2 Å². The van der Waals surface area contributed by atoms with Crippen molar-refractivity contribution in [3.63, 3.8) is 0 Å². The third kappa shape index (κ3) is 3.71. The summed E-state index contributed by atoms with van der Waals surface area (Å²) in [7, 11) is 1.82. The number of amides is 1. The second-order valence-electron chi connectivity index (χ2n) is 5.28. The molecule has 1 aromatic rings. The van der Waals surface area contributed by atoms with Gasteiger partial charge in [-0.15, -0.1) is 0 Å². The van der Waals surface area contributed by atoms with Gasteiger partial charge in [-0.25, -0.2) is 0 Å². The van der Waals surface area contributed by atoms with Crippen molar-refractivity contribution in [1.29, 1.82) is 0 Å². The largest absolute Gasteiger partial charge is 0.316 e. The normalized spacial score (nSPS) is 18.6. The van der Waals surface area contributed by atoms with Gasteiger partial charge >= 0.3 is 0 Å². The van der Waals surface area contributed by atoms with Gasteiger partial charge in [0.1, 0.15) is 0 Å². The van der Waals surface area contributed by atoms with Gasteiger partial charge in [-0.1, -0.05) is 17.7 Å². The first-order chi connectivity index (χ1) is 9.08. The number of nitrogens with zero attached hydrogens (tertiary/aromatic N) is 1. The summed E-state index contributed by atoms with van der Waals surface area (Å²) in [5.74, 6) is 0.811. The Bertz CT molecular complexity index is 455. The number of anilines is 1. The van der Waals surface area contributed by atoms with E-state index in [0.29, 0.717) is 17.4 Å². The van der Waals surface area contributed by atoms with Crippen molar-refractivity contribution in [3.8, 4) is 0 Å². The molecule has 1 aliphatic rings. The van der Waals surface area contributed by atoms with Crippen LogP contribution in [0, 0.1) is 12.8 Å². The van der Waals surface area contributed by atoms with Crippen LogP contribution in [0.4, 0.5) is 5.69 Å². The molecule has 1 atom stereocenters. The zero-order valence-corrected chi connectivity index (χ0v) is 12.3.